The Kier molecular flexibility index (Phi) is 8.54. The maximum absolute atomic E-state index is 10.7. The predicted octanol–water partition coefficient (Wildman–Crippen LogP) is 5.22. The van der Waals surface area contributed by atoms with Crippen LogP contribution in [-0.2, 0) is 13.2 Å². The van der Waals surface area contributed by atoms with Crippen molar-refractivity contribution in [3.63, 3.8) is 0 Å². The highest BCUT2D eigenvalue weighted by Crippen LogP contribution is 2.34. The van der Waals surface area contributed by atoms with Crippen LogP contribution in [0.25, 0.3) is 0 Å². The van der Waals surface area contributed by atoms with E-state index < -0.39 is 4.92 Å². The Hall–Kier alpha value is -2.12. The summed E-state index contributed by atoms with van der Waals surface area (Å²) in [7, 11) is 0. The van der Waals surface area contributed by atoms with Gasteiger partial charge < -0.3 is 14.8 Å². The summed E-state index contributed by atoms with van der Waals surface area (Å²) in [5.41, 5.74) is 2.03. The molecule has 0 heterocycles. The number of nitro benzene ring substituents is 1. The first-order chi connectivity index (χ1) is 13.0. The smallest absolute Gasteiger partial charge is 0.269 e. The van der Waals surface area contributed by atoms with Crippen LogP contribution in [0.5, 0.6) is 11.5 Å². The Balaban J connectivity index is 2.07. The highest BCUT2D eigenvalue weighted by Gasteiger charge is 2.12. The van der Waals surface area contributed by atoms with Gasteiger partial charge in [0.2, 0.25) is 0 Å². The van der Waals surface area contributed by atoms with Gasteiger partial charge in [0.25, 0.3) is 5.69 Å². The summed E-state index contributed by atoms with van der Waals surface area (Å²) in [5.74, 6) is 1.33. The number of ether oxygens (including phenoxy) is 2. The van der Waals surface area contributed by atoms with Crippen molar-refractivity contribution in [2.45, 2.75) is 39.8 Å². The van der Waals surface area contributed by atoms with Crippen molar-refractivity contribution in [1.82, 2.24) is 5.32 Å². The van der Waals surface area contributed by atoms with Crippen LogP contribution in [0, 0.1) is 10.1 Å². The number of halogens is 1. The molecule has 0 atom stereocenters. The first-order valence-electron chi connectivity index (χ1n) is 9.07. The molecule has 2 rings (SSSR count). The first kappa shape index (κ1) is 21.2. The number of nitrogens with zero attached hydrogens (tertiary/aromatic N) is 1. The fraction of sp³-hybridized carbons (Fsp3) is 0.400. The van der Waals surface area contributed by atoms with E-state index in [1.807, 2.05) is 19.1 Å². The second-order valence-corrected chi connectivity index (χ2v) is 6.92. The Morgan fingerprint density at radius 1 is 1.11 bits per heavy atom. The van der Waals surface area contributed by atoms with E-state index >= 15 is 0 Å². The lowest BCUT2D eigenvalue weighted by molar-refractivity contribution is -0.384. The zero-order valence-corrected chi connectivity index (χ0v) is 17.3. The van der Waals surface area contributed by atoms with Gasteiger partial charge in [-0.3, -0.25) is 10.1 Å². The fourth-order valence-corrected chi connectivity index (χ4v) is 2.96. The van der Waals surface area contributed by atoms with E-state index in [4.69, 9.17) is 9.47 Å². The Morgan fingerprint density at radius 3 is 2.44 bits per heavy atom. The van der Waals surface area contributed by atoms with Crippen molar-refractivity contribution in [3.8, 4) is 11.5 Å². The normalized spacial score (nSPS) is 10.6. The van der Waals surface area contributed by atoms with Crippen LogP contribution in [0.2, 0.25) is 0 Å². The summed E-state index contributed by atoms with van der Waals surface area (Å²) < 4.78 is 12.6. The van der Waals surface area contributed by atoms with Crippen molar-refractivity contribution in [2.24, 2.45) is 0 Å². The summed E-state index contributed by atoms with van der Waals surface area (Å²) in [6.45, 7) is 6.68. The molecule has 0 aliphatic carbocycles. The molecule has 0 amide bonds. The van der Waals surface area contributed by atoms with Gasteiger partial charge in [0, 0.05) is 23.2 Å². The van der Waals surface area contributed by atoms with Gasteiger partial charge in [-0.15, -0.1) is 0 Å². The number of unbranched alkanes of at least 4 members (excludes halogenated alkanes) is 1. The molecule has 0 fully saturated rings. The number of nitrogens with one attached hydrogen (secondary N) is 1. The molecule has 0 spiro atoms. The number of hydrogen-bond acceptors (Lipinski definition) is 5. The molecule has 1 N–H and O–H groups in total. The summed E-state index contributed by atoms with van der Waals surface area (Å²) >= 11 is 3.60. The quantitative estimate of drug-likeness (QED) is 0.296. The van der Waals surface area contributed by atoms with Crippen molar-refractivity contribution in [1.29, 1.82) is 0 Å². The number of hydrogen-bond donors (Lipinski definition) is 1. The van der Waals surface area contributed by atoms with E-state index in [1.54, 1.807) is 12.1 Å². The van der Waals surface area contributed by atoms with Crippen molar-refractivity contribution in [2.75, 3.05) is 13.2 Å². The Labute approximate surface area is 168 Å². The third kappa shape index (κ3) is 6.52. The second-order valence-electron chi connectivity index (χ2n) is 6.07. The van der Waals surface area contributed by atoms with Crippen LogP contribution in [0.4, 0.5) is 5.69 Å². The van der Waals surface area contributed by atoms with Crippen LogP contribution in [0.3, 0.4) is 0 Å². The Morgan fingerprint density at radius 2 is 1.81 bits per heavy atom. The molecule has 0 aromatic heterocycles. The van der Waals surface area contributed by atoms with Gasteiger partial charge in [0.15, 0.2) is 11.5 Å². The molecule has 7 heteroatoms. The minimum Gasteiger partial charge on any atom is -0.490 e. The van der Waals surface area contributed by atoms with E-state index in [9.17, 15) is 10.1 Å². The van der Waals surface area contributed by atoms with E-state index in [0.29, 0.717) is 24.7 Å². The Bertz CT molecular complexity index is 750. The SMILES string of the molecule is CCCCNCc1cc(OCC)c(OCc2ccc([N+](=O)[O-])cc2)cc1Br. The molecule has 146 valence electrons. The van der Waals surface area contributed by atoms with E-state index in [1.165, 1.54) is 12.1 Å². The second kappa shape index (κ2) is 10.9. The standard InChI is InChI=1S/C20H25BrN2O4/c1-3-5-10-22-13-16-11-19(26-4-2)20(12-18(16)21)27-14-15-6-8-17(9-7-15)23(24)25/h6-9,11-12,22H,3-5,10,13-14H2,1-2H3. The lowest BCUT2D eigenvalue weighted by atomic mass is 10.2. The van der Waals surface area contributed by atoms with Crippen molar-refractivity contribution in [3.05, 3.63) is 62.1 Å². The van der Waals surface area contributed by atoms with Crippen molar-refractivity contribution < 1.29 is 14.4 Å². The minimum absolute atomic E-state index is 0.0661. The van der Waals surface area contributed by atoms with Gasteiger partial charge in [0.1, 0.15) is 6.61 Å². The molecule has 2 aromatic rings. The van der Waals surface area contributed by atoms with Gasteiger partial charge in [0.05, 0.1) is 11.5 Å². The topological polar surface area (TPSA) is 73.6 Å². The van der Waals surface area contributed by atoms with Crippen LogP contribution < -0.4 is 14.8 Å². The zero-order chi connectivity index (χ0) is 19.6. The molecule has 2 aromatic carbocycles. The van der Waals surface area contributed by atoms with Gasteiger partial charge in [-0.25, -0.2) is 0 Å². The highest BCUT2D eigenvalue weighted by atomic mass is 79.9. The summed E-state index contributed by atoms with van der Waals surface area (Å²) in [6, 6.07) is 10.2. The van der Waals surface area contributed by atoms with Crippen LogP contribution in [0.1, 0.15) is 37.8 Å². The molecule has 27 heavy (non-hydrogen) atoms. The number of nitro groups is 1. The molecule has 0 saturated heterocycles. The zero-order valence-electron chi connectivity index (χ0n) is 15.7. The lowest BCUT2D eigenvalue weighted by Crippen LogP contribution is -2.15. The molecule has 0 bridgehead atoms. The van der Waals surface area contributed by atoms with Crippen LogP contribution in [0.15, 0.2) is 40.9 Å². The third-order valence-electron chi connectivity index (χ3n) is 3.98. The fourth-order valence-electron chi connectivity index (χ4n) is 2.49. The van der Waals surface area contributed by atoms with Gasteiger partial charge in [-0.2, -0.15) is 0 Å². The summed E-state index contributed by atoms with van der Waals surface area (Å²) in [4.78, 5) is 10.3. The number of rotatable bonds is 11. The monoisotopic (exact) mass is 436 g/mol. The average Bonchev–Trinajstić information content (AvgIpc) is 2.66. The number of benzene rings is 2. The van der Waals surface area contributed by atoms with Crippen LogP contribution >= 0.6 is 15.9 Å². The maximum Gasteiger partial charge on any atom is 0.269 e. The maximum atomic E-state index is 10.7. The highest BCUT2D eigenvalue weighted by molar-refractivity contribution is 9.10. The predicted molar refractivity (Wildman–Crippen MR) is 109 cm³/mol. The van der Waals surface area contributed by atoms with Crippen molar-refractivity contribution >= 4 is 21.6 Å². The lowest BCUT2D eigenvalue weighted by Gasteiger charge is -2.15. The largest absolute Gasteiger partial charge is 0.490 e. The number of non-ortho nitro benzene ring substituents is 1. The summed E-state index contributed by atoms with van der Waals surface area (Å²) in [5, 5.41) is 14.2. The molecule has 0 unspecified atom stereocenters. The molecule has 0 aliphatic rings. The van der Waals surface area contributed by atoms with E-state index in [0.717, 1.165) is 41.5 Å². The molecule has 0 saturated carbocycles. The molecular formula is C20H25BrN2O4. The van der Waals surface area contributed by atoms with Gasteiger partial charge in [-0.05, 0) is 55.3 Å². The van der Waals surface area contributed by atoms with E-state index in [-0.39, 0.29) is 5.69 Å². The summed E-state index contributed by atoms with van der Waals surface area (Å²) in [6.07, 6.45) is 2.31. The first-order valence-corrected chi connectivity index (χ1v) is 9.86. The minimum atomic E-state index is -0.414. The molecule has 0 aliphatic heterocycles. The molecule has 0 radical (unpaired) electrons. The van der Waals surface area contributed by atoms with Gasteiger partial charge in [-0.1, -0.05) is 29.3 Å². The molecular weight excluding hydrogens is 412 g/mol. The molecule has 6 nitrogen and oxygen atoms in total. The van der Waals surface area contributed by atoms with E-state index in [2.05, 4.69) is 28.2 Å². The van der Waals surface area contributed by atoms with Crippen LogP contribution in [-0.4, -0.2) is 18.1 Å². The third-order valence-corrected chi connectivity index (χ3v) is 4.71. The van der Waals surface area contributed by atoms with Gasteiger partial charge >= 0.3 is 0 Å². The average molecular weight is 437 g/mol.